The van der Waals surface area contributed by atoms with Crippen LogP contribution in [-0.4, -0.2) is 12.9 Å². The summed E-state index contributed by atoms with van der Waals surface area (Å²) in [5.74, 6) is 0. The van der Waals surface area contributed by atoms with E-state index in [-0.39, 0.29) is 17.1 Å². The Labute approximate surface area is 79.5 Å². The second kappa shape index (κ2) is 22.6. The van der Waals surface area contributed by atoms with Gasteiger partial charge in [-0.15, -0.1) is 0 Å². The fourth-order valence-electron chi connectivity index (χ4n) is 0.227. The van der Waals surface area contributed by atoms with Crippen molar-refractivity contribution in [3.05, 3.63) is 24.7 Å². The maximum atomic E-state index is 8.25. The van der Waals surface area contributed by atoms with Crippen LogP contribution in [0.1, 0.15) is 0 Å². The first-order valence-corrected chi connectivity index (χ1v) is 2.41. The van der Waals surface area contributed by atoms with Crippen LogP contribution >= 0.6 is 0 Å². The summed E-state index contributed by atoms with van der Waals surface area (Å²) < 4.78 is 4.58. The van der Waals surface area contributed by atoms with Crippen LogP contribution in [0.25, 0.3) is 0 Å². The average molecular weight is 222 g/mol. The Hall–Kier alpha value is -1.26. The van der Waals surface area contributed by atoms with Gasteiger partial charge in [-0.25, -0.2) is 0 Å². The van der Waals surface area contributed by atoms with E-state index >= 15 is 0 Å². The predicted octanol–water partition coefficient (Wildman–Crippen LogP) is -1.99. The fraction of sp³-hybridized carbons (Fsp3) is 0. The van der Waals surface area contributed by atoms with Gasteiger partial charge in [-0.3, -0.25) is 0 Å². The first kappa shape index (κ1) is 17.0. The van der Waals surface area contributed by atoms with Gasteiger partial charge < -0.3 is 24.2 Å². The van der Waals surface area contributed by atoms with Crippen molar-refractivity contribution >= 4 is 12.9 Å². The van der Waals surface area contributed by atoms with E-state index in [2.05, 4.69) is 4.42 Å². The molecule has 0 bridgehead atoms. The largest absolute Gasteiger partial charge is 2.00 e. The van der Waals surface area contributed by atoms with Gasteiger partial charge in [0.2, 0.25) is 0 Å². The summed E-state index contributed by atoms with van der Waals surface area (Å²) in [6.07, 6.45) is 3.25. The fourth-order valence-corrected chi connectivity index (χ4v) is 0.227. The molecule has 0 saturated carbocycles. The van der Waals surface area contributed by atoms with Gasteiger partial charge in [-0.2, -0.15) is 0 Å². The first-order valence-electron chi connectivity index (χ1n) is 2.41. The maximum Gasteiger partial charge on any atom is 2.00 e. The molecule has 0 spiro atoms. The SMILES string of the molecule is O=C[O-].O=C[O-].[Cu+2].c1ccoc1. The van der Waals surface area contributed by atoms with Gasteiger partial charge in [0.05, 0.1) is 12.5 Å². The normalized spacial score (nSPS) is 5.33. The van der Waals surface area contributed by atoms with Gasteiger partial charge in [0.25, 0.3) is 0 Å². The summed E-state index contributed by atoms with van der Waals surface area (Å²) in [7, 11) is 0. The molecule has 6 heteroatoms. The van der Waals surface area contributed by atoms with Crippen LogP contribution in [0.4, 0.5) is 0 Å². The average Bonchev–Trinajstić information content (AvgIpc) is 2.44. The number of furan rings is 1. The minimum absolute atomic E-state index is 0. The zero-order valence-corrected chi connectivity index (χ0v) is 6.75. The van der Waals surface area contributed by atoms with Crippen LogP contribution in [0.5, 0.6) is 0 Å². The number of rotatable bonds is 0. The predicted molar refractivity (Wildman–Crippen MR) is 30.8 cm³/mol. The van der Waals surface area contributed by atoms with Crippen molar-refractivity contribution in [2.75, 3.05) is 0 Å². The van der Waals surface area contributed by atoms with Crippen LogP contribution < -0.4 is 10.2 Å². The topological polar surface area (TPSA) is 93.4 Å². The molecule has 0 fully saturated rings. The zero-order valence-electron chi connectivity index (χ0n) is 5.81. The molecule has 1 heterocycles. The molecule has 0 atom stereocenters. The van der Waals surface area contributed by atoms with Crippen LogP contribution in [-0.2, 0) is 26.7 Å². The van der Waals surface area contributed by atoms with Gasteiger partial charge in [-0.1, -0.05) is 0 Å². The Bertz CT molecular complexity index is 128. The number of hydrogen-bond acceptors (Lipinski definition) is 5. The third kappa shape index (κ3) is 37.4. The third-order valence-corrected chi connectivity index (χ3v) is 0.425. The van der Waals surface area contributed by atoms with Gasteiger partial charge in [0, 0.05) is 12.9 Å². The van der Waals surface area contributed by atoms with Crippen LogP contribution in [0.15, 0.2) is 29.1 Å². The molecule has 71 valence electrons. The molecule has 1 radical (unpaired) electrons. The summed E-state index contributed by atoms with van der Waals surface area (Å²) in [4.78, 5) is 16.5. The molecular formula is C6H6CuO5. The van der Waals surface area contributed by atoms with E-state index in [1.807, 2.05) is 12.1 Å². The zero-order chi connectivity index (χ0) is 8.95. The van der Waals surface area contributed by atoms with E-state index in [0.717, 1.165) is 0 Å². The minimum atomic E-state index is -0.500. The molecule has 12 heavy (non-hydrogen) atoms. The summed E-state index contributed by atoms with van der Waals surface area (Å²) in [6, 6.07) is 3.67. The van der Waals surface area contributed by atoms with Gasteiger partial charge >= 0.3 is 17.1 Å². The molecule has 0 N–H and O–H groups in total. The van der Waals surface area contributed by atoms with Crippen LogP contribution in [0.3, 0.4) is 0 Å². The van der Waals surface area contributed by atoms with Gasteiger partial charge in [-0.05, 0) is 12.1 Å². The number of hydrogen-bond donors (Lipinski definition) is 0. The molecular weight excluding hydrogens is 216 g/mol. The second-order valence-corrected chi connectivity index (χ2v) is 0.986. The summed E-state index contributed by atoms with van der Waals surface area (Å²) in [5, 5.41) is 16.5. The second-order valence-electron chi connectivity index (χ2n) is 0.986. The van der Waals surface area contributed by atoms with Crippen molar-refractivity contribution in [3.8, 4) is 0 Å². The molecule has 1 aromatic heterocycles. The van der Waals surface area contributed by atoms with Crippen molar-refractivity contribution in [2.24, 2.45) is 0 Å². The molecule has 0 unspecified atom stereocenters. The van der Waals surface area contributed by atoms with Gasteiger partial charge in [0.15, 0.2) is 0 Å². The smallest absolute Gasteiger partial charge is 0.554 e. The minimum Gasteiger partial charge on any atom is -0.554 e. The molecule has 0 amide bonds. The van der Waals surface area contributed by atoms with E-state index in [9.17, 15) is 0 Å². The molecule has 5 nitrogen and oxygen atoms in total. The van der Waals surface area contributed by atoms with Crippen molar-refractivity contribution in [1.29, 1.82) is 0 Å². The van der Waals surface area contributed by atoms with E-state index in [4.69, 9.17) is 19.8 Å². The van der Waals surface area contributed by atoms with Crippen LogP contribution in [0.2, 0.25) is 0 Å². The first-order chi connectivity index (χ1) is 5.33. The van der Waals surface area contributed by atoms with Crippen molar-refractivity contribution in [3.63, 3.8) is 0 Å². The number of carbonyl (C=O) groups is 2. The van der Waals surface area contributed by atoms with E-state index in [1.165, 1.54) is 0 Å². The Morgan fingerprint density at radius 3 is 1.33 bits per heavy atom. The van der Waals surface area contributed by atoms with Gasteiger partial charge in [0.1, 0.15) is 0 Å². The maximum absolute atomic E-state index is 8.25. The monoisotopic (exact) mass is 221 g/mol. The quantitative estimate of drug-likeness (QED) is 0.374. The molecule has 1 aromatic rings. The van der Waals surface area contributed by atoms with E-state index in [0.29, 0.717) is 0 Å². The summed E-state index contributed by atoms with van der Waals surface area (Å²) in [5.41, 5.74) is 0. The molecule has 0 saturated heterocycles. The summed E-state index contributed by atoms with van der Waals surface area (Å²) >= 11 is 0. The van der Waals surface area contributed by atoms with E-state index < -0.39 is 12.9 Å². The van der Waals surface area contributed by atoms with Crippen molar-refractivity contribution in [2.45, 2.75) is 0 Å². The summed E-state index contributed by atoms with van der Waals surface area (Å²) in [6.45, 7) is -1.00. The van der Waals surface area contributed by atoms with E-state index in [1.54, 1.807) is 12.5 Å². The Kier molecular flexibility index (Phi) is 32.0. The van der Waals surface area contributed by atoms with Crippen LogP contribution in [0, 0.1) is 0 Å². The molecule has 0 aliphatic heterocycles. The molecule has 0 aromatic carbocycles. The van der Waals surface area contributed by atoms with Crippen molar-refractivity contribution < 1.29 is 41.3 Å². The molecule has 1 rings (SSSR count). The number of carbonyl (C=O) groups excluding carboxylic acids is 2. The Balaban J connectivity index is -0.000000104. The third-order valence-electron chi connectivity index (χ3n) is 0.425. The standard InChI is InChI=1S/C4H4O.2CH2O2.Cu/c1-2-4-5-3-1;2*2-1-3;/h1-4H;2*1H,(H,2,3);/q;;;+2/p-2. The molecule has 0 aliphatic rings. The number of carboxylic acid groups (broad SMARTS) is 2. The van der Waals surface area contributed by atoms with Crippen molar-refractivity contribution in [1.82, 2.24) is 0 Å². The Morgan fingerprint density at radius 2 is 1.25 bits per heavy atom. The molecule has 0 aliphatic carbocycles. The Morgan fingerprint density at radius 1 is 1.00 bits per heavy atom.